The smallest absolute Gasteiger partial charge is 0.279 e. The van der Waals surface area contributed by atoms with Crippen LogP contribution in [0.5, 0.6) is 5.75 Å². The van der Waals surface area contributed by atoms with Crippen molar-refractivity contribution in [3.8, 4) is 5.75 Å². The SMILES string of the molecule is CCOc1ccc2c(c1)sc(=NC(=O)c1cccc([N+](=O)[O-])c1)n2CCSC. The first-order chi connectivity index (χ1) is 13.5. The van der Waals surface area contributed by atoms with E-state index < -0.39 is 10.8 Å². The second-order valence-corrected chi connectivity index (χ2v) is 7.81. The summed E-state index contributed by atoms with van der Waals surface area (Å²) < 4.78 is 8.53. The molecule has 0 radical (unpaired) electrons. The minimum Gasteiger partial charge on any atom is -0.494 e. The largest absolute Gasteiger partial charge is 0.494 e. The van der Waals surface area contributed by atoms with Gasteiger partial charge in [0.2, 0.25) is 0 Å². The average Bonchev–Trinajstić information content (AvgIpc) is 3.02. The predicted molar refractivity (Wildman–Crippen MR) is 112 cm³/mol. The van der Waals surface area contributed by atoms with E-state index in [1.54, 1.807) is 11.8 Å². The maximum absolute atomic E-state index is 12.6. The highest BCUT2D eigenvalue weighted by Gasteiger charge is 2.13. The van der Waals surface area contributed by atoms with Crippen molar-refractivity contribution >= 4 is 44.9 Å². The Labute approximate surface area is 169 Å². The molecule has 2 aromatic carbocycles. The molecule has 1 amide bonds. The van der Waals surface area contributed by atoms with Gasteiger partial charge in [-0.15, -0.1) is 0 Å². The molecule has 1 heterocycles. The molecule has 3 rings (SSSR count). The van der Waals surface area contributed by atoms with Gasteiger partial charge < -0.3 is 9.30 Å². The summed E-state index contributed by atoms with van der Waals surface area (Å²) in [5, 5.41) is 11.0. The number of non-ortho nitro benzene ring substituents is 1. The lowest BCUT2D eigenvalue weighted by molar-refractivity contribution is -0.384. The van der Waals surface area contributed by atoms with Crippen LogP contribution in [0.1, 0.15) is 17.3 Å². The van der Waals surface area contributed by atoms with Crippen molar-refractivity contribution in [2.45, 2.75) is 13.5 Å². The topological polar surface area (TPSA) is 86.7 Å². The molecule has 0 spiro atoms. The molecular weight excluding hydrogens is 398 g/mol. The van der Waals surface area contributed by atoms with Crippen LogP contribution in [-0.4, -0.2) is 34.0 Å². The summed E-state index contributed by atoms with van der Waals surface area (Å²) in [5.74, 6) is 1.14. The maximum Gasteiger partial charge on any atom is 0.279 e. The van der Waals surface area contributed by atoms with Gasteiger partial charge >= 0.3 is 0 Å². The van der Waals surface area contributed by atoms with E-state index in [9.17, 15) is 14.9 Å². The fourth-order valence-electron chi connectivity index (χ4n) is 2.70. The number of thiazole rings is 1. The van der Waals surface area contributed by atoms with Gasteiger partial charge in [0.05, 0.1) is 21.7 Å². The quantitative estimate of drug-likeness (QED) is 0.426. The molecule has 3 aromatic rings. The van der Waals surface area contributed by atoms with E-state index in [4.69, 9.17) is 4.74 Å². The van der Waals surface area contributed by atoms with Gasteiger partial charge in [0.15, 0.2) is 4.80 Å². The third-order valence-electron chi connectivity index (χ3n) is 3.99. The maximum atomic E-state index is 12.6. The molecule has 0 aliphatic rings. The van der Waals surface area contributed by atoms with Crippen LogP contribution >= 0.6 is 23.1 Å². The van der Waals surface area contributed by atoms with E-state index in [2.05, 4.69) is 4.99 Å². The van der Waals surface area contributed by atoms with Gasteiger partial charge in [-0.2, -0.15) is 16.8 Å². The molecule has 0 atom stereocenters. The Balaban J connectivity index is 2.07. The van der Waals surface area contributed by atoms with Gasteiger partial charge in [-0.1, -0.05) is 17.4 Å². The number of hydrogen-bond donors (Lipinski definition) is 0. The number of aryl methyl sites for hydroxylation is 1. The van der Waals surface area contributed by atoms with Crippen LogP contribution in [-0.2, 0) is 6.54 Å². The summed E-state index contributed by atoms with van der Waals surface area (Å²) in [6, 6.07) is 11.4. The van der Waals surface area contributed by atoms with E-state index in [-0.39, 0.29) is 11.3 Å². The van der Waals surface area contributed by atoms with Crippen molar-refractivity contribution in [3.05, 3.63) is 62.9 Å². The van der Waals surface area contributed by atoms with E-state index in [0.717, 1.165) is 21.7 Å². The van der Waals surface area contributed by atoms with E-state index in [0.29, 0.717) is 18.0 Å². The average molecular weight is 418 g/mol. The number of fused-ring (bicyclic) bond motifs is 1. The second-order valence-electron chi connectivity index (χ2n) is 5.82. The molecule has 1 aromatic heterocycles. The standard InChI is InChI=1S/C19H19N3O4S2/c1-3-26-15-7-8-16-17(12-15)28-19(21(16)9-10-27-2)20-18(23)13-5-4-6-14(11-13)22(24)25/h4-8,11-12H,3,9-10H2,1-2H3. The van der Waals surface area contributed by atoms with E-state index in [1.807, 2.05) is 35.9 Å². The Hall–Kier alpha value is -2.65. The zero-order valence-electron chi connectivity index (χ0n) is 15.5. The number of aromatic nitrogens is 1. The zero-order chi connectivity index (χ0) is 20.1. The Morgan fingerprint density at radius 1 is 1.32 bits per heavy atom. The Morgan fingerprint density at radius 2 is 2.14 bits per heavy atom. The number of amides is 1. The van der Waals surface area contributed by atoms with Crippen LogP contribution in [0.3, 0.4) is 0 Å². The third-order valence-corrected chi connectivity index (χ3v) is 5.62. The molecule has 0 aliphatic heterocycles. The number of carbonyl (C=O) groups is 1. The van der Waals surface area contributed by atoms with Crippen molar-refractivity contribution in [2.24, 2.45) is 4.99 Å². The van der Waals surface area contributed by atoms with Crippen molar-refractivity contribution in [1.29, 1.82) is 0 Å². The minimum atomic E-state index is -0.524. The molecule has 9 heteroatoms. The number of nitrogens with zero attached hydrogens (tertiary/aromatic N) is 3. The number of nitro benzene ring substituents is 1. The Kier molecular flexibility index (Phi) is 6.48. The number of benzene rings is 2. The van der Waals surface area contributed by atoms with Gasteiger partial charge in [-0.25, -0.2) is 0 Å². The molecule has 0 fully saturated rings. The van der Waals surface area contributed by atoms with Crippen molar-refractivity contribution < 1.29 is 14.5 Å². The first-order valence-electron chi connectivity index (χ1n) is 8.62. The van der Waals surface area contributed by atoms with Gasteiger partial charge in [0.25, 0.3) is 11.6 Å². The van der Waals surface area contributed by atoms with E-state index >= 15 is 0 Å². The molecule has 7 nitrogen and oxygen atoms in total. The lowest BCUT2D eigenvalue weighted by atomic mass is 10.2. The number of hydrogen-bond acceptors (Lipinski definition) is 6. The fourth-order valence-corrected chi connectivity index (χ4v) is 4.15. The zero-order valence-corrected chi connectivity index (χ0v) is 17.1. The molecule has 0 bridgehead atoms. The highest BCUT2D eigenvalue weighted by atomic mass is 32.2. The highest BCUT2D eigenvalue weighted by molar-refractivity contribution is 7.98. The number of ether oxygens (including phenoxy) is 1. The van der Waals surface area contributed by atoms with Crippen molar-refractivity contribution in [2.75, 3.05) is 18.6 Å². The van der Waals surface area contributed by atoms with Gasteiger partial charge in [0, 0.05) is 30.0 Å². The summed E-state index contributed by atoms with van der Waals surface area (Å²) in [7, 11) is 0. The lowest BCUT2D eigenvalue weighted by Gasteiger charge is -2.05. The number of nitro groups is 1. The Morgan fingerprint density at radius 3 is 2.86 bits per heavy atom. The number of carbonyl (C=O) groups excluding carboxylic acids is 1. The first kappa shape index (κ1) is 20.1. The lowest BCUT2D eigenvalue weighted by Crippen LogP contribution is -2.18. The molecule has 0 saturated heterocycles. The third kappa shape index (κ3) is 4.42. The van der Waals surface area contributed by atoms with Crippen molar-refractivity contribution in [3.63, 3.8) is 0 Å². The van der Waals surface area contributed by atoms with Crippen LogP contribution < -0.4 is 9.54 Å². The molecule has 0 saturated carbocycles. The number of rotatable bonds is 7. The van der Waals surface area contributed by atoms with Crippen LogP contribution in [0.2, 0.25) is 0 Å². The normalized spacial score (nSPS) is 11.7. The molecule has 146 valence electrons. The summed E-state index contributed by atoms with van der Waals surface area (Å²) in [6.45, 7) is 3.21. The summed E-state index contributed by atoms with van der Waals surface area (Å²) in [4.78, 5) is 27.9. The second kappa shape index (κ2) is 9.03. The monoisotopic (exact) mass is 417 g/mol. The Bertz CT molecular complexity index is 1090. The molecular formula is C19H19N3O4S2. The van der Waals surface area contributed by atoms with Gasteiger partial charge in [0.1, 0.15) is 5.75 Å². The van der Waals surface area contributed by atoms with Crippen LogP contribution in [0.15, 0.2) is 47.5 Å². The molecule has 0 N–H and O–H groups in total. The molecule has 28 heavy (non-hydrogen) atoms. The van der Waals surface area contributed by atoms with Crippen molar-refractivity contribution in [1.82, 2.24) is 4.57 Å². The number of thioether (sulfide) groups is 1. The fraction of sp³-hybridized carbons (Fsp3) is 0.263. The van der Waals surface area contributed by atoms with Gasteiger partial charge in [-0.05, 0) is 37.4 Å². The van der Waals surface area contributed by atoms with Crippen LogP contribution in [0.25, 0.3) is 10.2 Å². The minimum absolute atomic E-state index is 0.131. The van der Waals surface area contributed by atoms with Crippen LogP contribution in [0, 0.1) is 10.1 Å². The van der Waals surface area contributed by atoms with Gasteiger partial charge in [-0.3, -0.25) is 14.9 Å². The van der Waals surface area contributed by atoms with E-state index in [1.165, 1.54) is 35.6 Å². The summed E-state index contributed by atoms with van der Waals surface area (Å²) in [5.41, 5.74) is 1.04. The predicted octanol–water partition coefficient (Wildman–Crippen LogP) is 4.11. The highest BCUT2D eigenvalue weighted by Crippen LogP contribution is 2.24. The van der Waals surface area contributed by atoms with Crippen LogP contribution in [0.4, 0.5) is 5.69 Å². The first-order valence-corrected chi connectivity index (χ1v) is 10.8. The summed E-state index contributed by atoms with van der Waals surface area (Å²) in [6.07, 6.45) is 2.02. The molecule has 0 unspecified atom stereocenters. The summed E-state index contributed by atoms with van der Waals surface area (Å²) >= 11 is 3.11. The molecule has 0 aliphatic carbocycles.